The molecule has 0 aliphatic heterocycles. The number of nitro groups is 1. The van der Waals surface area contributed by atoms with E-state index in [2.05, 4.69) is 15.8 Å². The SMILES string of the molecule is NC(=O)OCCNc1cc(F)cc(F)c1[N+](=O)[O-]. The summed E-state index contributed by atoms with van der Waals surface area (Å²) in [5, 5.41) is 13.0. The zero-order valence-corrected chi connectivity index (χ0v) is 8.98. The highest BCUT2D eigenvalue weighted by Crippen LogP contribution is 2.28. The average molecular weight is 261 g/mol. The molecule has 0 saturated heterocycles. The van der Waals surface area contributed by atoms with Gasteiger partial charge in [-0.3, -0.25) is 10.1 Å². The van der Waals surface area contributed by atoms with Crippen molar-refractivity contribution in [1.82, 2.24) is 0 Å². The van der Waals surface area contributed by atoms with Crippen molar-refractivity contribution in [1.29, 1.82) is 0 Å². The lowest BCUT2D eigenvalue weighted by atomic mass is 10.2. The van der Waals surface area contributed by atoms with Crippen LogP contribution < -0.4 is 11.1 Å². The monoisotopic (exact) mass is 261 g/mol. The summed E-state index contributed by atoms with van der Waals surface area (Å²) < 4.78 is 30.4. The van der Waals surface area contributed by atoms with Gasteiger partial charge in [-0.2, -0.15) is 4.39 Å². The molecule has 1 aromatic carbocycles. The standard InChI is InChI=1S/C9H9F2N3O4/c10-5-3-6(11)8(14(16)17)7(4-5)13-1-2-18-9(12)15/h3-4,13H,1-2H2,(H2,12,15). The van der Waals surface area contributed by atoms with E-state index in [1.807, 2.05) is 0 Å². The largest absolute Gasteiger partial charge is 0.448 e. The highest BCUT2D eigenvalue weighted by atomic mass is 19.1. The van der Waals surface area contributed by atoms with Gasteiger partial charge in [-0.25, -0.2) is 9.18 Å². The van der Waals surface area contributed by atoms with Crippen LogP contribution in [0, 0.1) is 21.7 Å². The molecule has 0 saturated carbocycles. The predicted octanol–water partition coefficient (Wildman–Crippen LogP) is 1.38. The van der Waals surface area contributed by atoms with E-state index in [9.17, 15) is 23.7 Å². The highest BCUT2D eigenvalue weighted by molar-refractivity contribution is 5.65. The van der Waals surface area contributed by atoms with Gasteiger partial charge in [-0.05, 0) is 0 Å². The van der Waals surface area contributed by atoms with Gasteiger partial charge in [0.2, 0.25) is 5.82 Å². The van der Waals surface area contributed by atoms with Crippen molar-refractivity contribution in [2.24, 2.45) is 5.73 Å². The number of hydrogen-bond donors (Lipinski definition) is 2. The number of halogens is 2. The average Bonchev–Trinajstić information content (AvgIpc) is 2.22. The molecule has 98 valence electrons. The van der Waals surface area contributed by atoms with Gasteiger partial charge in [0.05, 0.1) is 4.92 Å². The van der Waals surface area contributed by atoms with Gasteiger partial charge in [0, 0.05) is 18.7 Å². The first kappa shape index (κ1) is 13.6. The third-order valence-electron chi connectivity index (χ3n) is 1.87. The number of nitrogens with zero attached hydrogens (tertiary/aromatic N) is 1. The minimum atomic E-state index is -1.29. The number of carbonyl (C=O) groups is 1. The van der Waals surface area contributed by atoms with E-state index in [0.717, 1.165) is 6.07 Å². The summed E-state index contributed by atoms with van der Waals surface area (Å²) in [5.74, 6) is -2.25. The summed E-state index contributed by atoms with van der Waals surface area (Å²) in [7, 11) is 0. The molecule has 1 rings (SSSR count). The summed E-state index contributed by atoms with van der Waals surface area (Å²) in [6.07, 6.45) is -1.02. The Hall–Kier alpha value is -2.45. The minimum Gasteiger partial charge on any atom is -0.448 e. The quantitative estimate of drug-likeness (QED) is 0.473. The van der Waals surface area contributed by atoms with Crippen LogP contribution in [-0.4, -0.2) is 24.2 Å². The second-order valence-electron chi connectivity index (χ2n) is 3.14. The van der Waals surface area contributed by atoms with Gasteiger partial charge < -0.3 is 15.8 Å². The smallest absolute Gasteiger partial charge is 0.404 e. The maximum Gasteiger partial charge on any atom is 0.404 e. The molecule has 3 N–H and O–H groups in total. The van der Waals surface area contributed by atoms with Crippen LogP contribution in [-0.2, 0) is 4.74 Å². The van der Waals surface area contributed by atoms with Crippen molar-refractivity contribution >= 4 is 17.5 Å². The van der Waals surface area contributed by atoms with Crippen molar-refractivity contribution in [3.8, 4) is 0 Å². The lowest BCUT2D eigenvalue weighted by Crippen LogP contribution is -2.18. The Balaban J connectivity index is 2.80. The molecule has 7 nitrogen and oxygen atoms in total. The van der Waals surface area contributed by atoms with E-state index in [1.165, 1.54) is 0 Å². The molecule has 0 aliphatic rings. The number of carbonyl (C=O) groups excluding carboxylic acids is 1. The maximum absolute atomic E-state index is 13.2. The Morgan fingerprint density at radius 2 is 2.17 bits per heavy atom. The molecule has 0 aromatic heterocycles. The van der Waals surface area contributed by atoms with E-state index in [0.29, 0.717) is 6.07 Å². The molecule has 18 heavy (non-hydrogen) atoms. The van der Waals surface area contributed by atoms with Crippen LogP contribution in [0.15, 0.2) is 12.1 Å². The number of nitrogens with one attached hydrogen (secondary N) is 1. The van der Waals surface area contributed by atoms with Crippen LogP contribution in [0.4, 0.5) is 25.0 Å². The third kappa shape index (κ3) is 3.54. The highest BCUT2D eigenvalue weighted by Gasteiger charge is 2.21. The molecule has 0 aliphatic carbocycles. The number of benzene rings is 1. The molecule has 0 unspecified atom stereocenters. The summed E-state index contributed by atoms with van der Waals surface area (Å²) >= 11 is 0. The first-order valence-corrected chi connectivity index (χ1v) is 4.71. The van der Waals surface area contributed by atoms with Crippen LogP contribution in [0.2, 0.25) is 0 Å². The zero-order valence-electron chi connectivity index (χ0n) is 8.98. The topological polar surface area (TPSA) is 107 Å². The lowest BCUT2D eigenvalue weighted by Gasteiger charge is -2.07. The Kier molecular flexibility index (Phi) is 4.35. The molecular formula is C9H9F2N3O4. The number of anilines is 1. The van der Waals surface area contributed by atoms with E-state index in [4.69, 9.17) is 0 Å². The number of ether oxygens (including phenoxy) is 1. The molecule has 1 aromatic rings. The Bertz CT molecular complexity index is 481. The summed E-state index contributed by atoms with van der Waals surface area (Å²) in [6, 6.07) is 1.18. The van der Waals surface area contributed by atoms with Crippen LogP contribution in [0.3, 0.4) is 0 Å². The fourth-order valence-electron chi connectivity index (χ4n) is 1.22. The number of hydrogen-bond acceptors (Lipinski definition) is 5. The van der Waals surface area contributed by atoms with E-state index >= 15 is 0 Å². The van der Waals surface area contributed by atoms with Crippen molar-refractivity contribution in [3.05, 3.63) is 33.9 Å². The van der Waals surface area contributed by atoms with Gasteiger partial charge in [-0.15, -0.1) is 0 Å². The minimum absolute atomic E-state index is 0.0767. The molecule has 0 spiro atoms. The van der Waals surface area contributed by atoms with Gasteiger partial charge in [0.1, 0.15) is 18.1 Å². The predicted molar refractivity (Wildman–Crippen MR) is 57.0 cm³/mol. The Morgan fingerprint density at radius 3 is 2.72 bits per heavy atom. The van der Waals surface area contributed by atoms with Gasteiger partial charge in [0.15, 0.2) is 0 Å². The summed E-state index contributed by atoms with van der Waals surface area (Å²) in [4.78, 5) is 19.9. The van der Waals surface area contributed by atoms with Crippen molar-refractivity contribution in [2.45, 2.75) is 0 Å². The number of primary amides is 1. The number of amides is 1. The first-order chi connectivity index (χ1) is 8.41. The molecule has 0 heterocycles. The summed E-state index contributed by atoms with van der Waals surface area (Å²) in [6.45, 7) is -0.267. The van der Waals surface area contributed by atoms with E-state index < -0.39 is 28.3 Å². The normalized spacial score (nSPS) is 9.89. The van der Waals surface area contributed by atoms with Crippen LogP contribution in [0.1, 0.15) is 0 Å². The molecule has 0 bridgehead atoms. The van der Waals surface area contributed by atoms with Crippen LogP contribution in [0.25, 0.3) is 0 Å². The molecule has 0 radical (unpaired) electrons. The third-order valence-corrected chi connectivity index (χ3v) is 1.87. The molecular weight excluding hydrogens is 252 g/mol. The zero-order chi connectivity index (χ0) is 13.7. The van der Waals surface area contributed by atoms with Gasteiger partial charge in [0.25, 0.3) is 0 Å². The van der Waals surface area contributed by atoms with Crippen molar-refractivity contribution in [3.63, 3.8) is 0 Å². The van der Waals surface area contributed by atoms with E-state index in [-0.39, 0.29) is 18.8 Å². The molecule has 0 fully saturated rings. The number of rotatable bonds is 5. The Morgan fingerprint density at radius 1 is 1.50 bits per heavy atom. The van der Waals surface area contributed by atoms with Crippen molar-refractivity contribution < 1.29 is 23.2 Å². The molecule has 1 amide bonds. The van der Waals surface area contributed by atoms with Gasteiger partial charge in [-0.1, -0.05) is 0 Å². The van der Waals surface area contributed by atoms with Crippen LogP contribution >= 0.6 is 0 Å². The molecule has 0 atom stereocenters. The van der Waals surface area contributed by atoms with Gasteiger partial charge >= 0.3 is 11.8 Å². The second-order valence-corrected chi connectivity index (χ2v) is 3.14. The fraction of sp³-hybridized carbons (Fsp3) is 0.222. The van der Waals surface area contributed by atoms with Crippen molar-refractivity contribution in [2.75, 3.05) is 18.5 Å². The first-order valence-electron chi connectivity index (χ1n) is 4.71. The summed E-state index contributed by atoms with van der Waals surface area (Å²) in [5.41, 5.74) is 3.46. The Labute approximate surface area is 99.7 Å². The fourth-order valence-corrected chi connectivity index (χ4v) is 1.22. The second kappa shape index (κ2) is 5.75. The maximum atomic E-state index is 13.2. The number of nitro benzene ring substituents is 1. The lowest BCUT2D eigenvalue weighted by molar-refractivity contribution is -0.386. The van der Waals surface area contributed by atoms with E-state index in [1.54, 1.807) is 0 Å². The van der Waals surface area contributed by atoms with Crippen LogP contribution in [0.5, 0.6) is 0 Å². The molecule has 9 heteroatoms. The number of nitrogens with two attached hydrogens (primary N) is 1.